The summed E-state index contributed by atoms with van der Waals surface area (Å²) in [5.41, 5.74) is 2.66. The van der Waals surface area contributed by atoms with E-state index in [0.717, 1.165) is 13.0 Å². The molecule has 0 aliphatic heterocycles. The Morgan fingerprint density at radius 2 is 1.94 bits per heavy atom. The highest BCUT2D eigenvalue weighted by Crippen LogP contribution is 2.24. The van der Waals surface area contributed by atoms with E-state index < -0.39 is 0 Å². The molecule has 0 aliphatic carbocycles. The van der Waals surface area contributed by atoms with Crippen molar-refractivity contribution in [3.63, 3.8) is 0 Å². The summed E-state index contributed by atoms with van der Waals surface area (Å²) in [4.78, 5) is 0. The van der Waals surface area contributed by atoms with Crippen LogP contribution in [0.2, 0.25) is 0 Å². The van der Waals surface area contributed by atoms with E-state index in [0.29, 0.717) is 0 Å². The zero-order valence-corrected chi connectivity index (χ0v) is 10.8. The molecule has 1 aromatic carbocycles. The molecule has 1 aromatic rings. The first-order valence-corrected chi connectivity index (χ1v) is 6.08. The molecular formula is C14H23NO. The van der Waals surface area contributed by atoms with E-state index in [1.807, 2.05) is 14.0 Å². The molecule has 0 saturated carbocycles. The normalized spacial score (nSPS) is 14.8. The fourth-order valence-corrected chi connectivity index (χ4v) is 2.14. The maximum absolute atomic E-state index is 5.79. The Labute approximate surface area is 99.0 Å². The van der Waals surface area contributed by atoms with Gasteiger partial charge in [0.25, 0.3) is 0 Å². The highest BCUT2D eigenvalue weighted by Gasteiger charge is 2.21. The minimum absolute atomic E-state index is 0.246. The number of hydrogen-bond acceptors (Lipinski definition) is 2. The van der Waals surface area contributed by atoms with Crippen molar-refractivity contribution in [1.82, 2.24) is 5.32 Å². The zero-order chi connectivity index (χ0) is 12.0. The first-order chi connectivity index (χ1) is 7.74. The van der Waals surface area contributed by atoms with Crippen molar-refractivity contribution in [3.8, 4) is 0 Å². The predicted molar refractivity (Wildman–Crippen MR) is 68.7 cm³/mol. The van der Waals surface area contributed by atoms with E-state index in [1.54, 1.807) is 0 Å². The largest absolute Gasteiger partial charge is 0.377 e. The molecule has 0 aromatic heterocycles. The van der Waals surface area contributed by atoms with Crippen molar-refractivity contribution < 1.29 is 4.74 Å². The van der Waals surface area contributed by atoms with E-state index in [-0.39, 0.29) is 12.1 Å². The standard InChI is InChI=1S/C14H23NO/c1-5-13(16-6-2)14(15-4)12-10-8-7-9-11(12)3/h7-10,13-15H,5-6H2,1-4H3. The molecule has 0 aliphatic rings. The monoisotopic (exact) mass is 221 g/mol. The Hall–Kier alpha value is -0.860. The fourth-order valence-electron chi connectivity index (χ4n) is 2.14. The number of aryl methyl sites for hydroxylation is 1. The highest BCUT2D eigenvalue weighted by atomic mass is 16.5. The third kappa shape index (κ3) is 3.06. The average Bonchev–Trinajstić information content (AvgIpc) is 2.31. The third-order valence-corrected chi connectivity index (χ3v) is 2.99. The van der Waals surface area contributed by atoms with Crippen LogP contribution in [-0.2, 0) is 4.74 Å². The summed E-state index contributed by atoms with van der Waals surface area (Å²) in [5, 5.41) is 3.37. The van der Waals surface area contributed by atoms with Gasteiger partial charge < -0.3 is 10.1 Å². The summed E-state index contributed by atoms with van der Waals surface area (Å²) in [6.45, 7) is 7.14. The van der Waals surface area contributed by atoms with Crippen LogP contribution in [-0.4, -0.2) is 19.8 Å². The Balaban J connectivity index is 2.92. The van der Waals surface area contributed by atoms with Crippen molar-refractivity contribution >= 4 is 0 Å². The maximum atomic E-state index is 5.79. The summed E-state index contributed by atoms with van der Waals surface area (Å²) in [5.74, 6) is 0. The molecule has 0 radical (unpaired) electrons. The predicted octanol–water partition coefficient (Wildman–Crippen LogP) is 3.07. The minimum Gasteiger partial charge on any atom is -0.377 e. The van der Waals surface area contributed by atoms with Crippen molar-refractivity contribution in [1.29, 1.82) is 0 Å². The highest BCUT2D eigenvalue weighted by molar-refractivity contribution is 5.29. The van der Waals surface area contributed by atoms with Crippen molar-refractivity contribution in [3.05, 3.63) is 35.4 Å². The lowest BCUT2D eigenvalue weighted by atomic mass is 9.95. The van der Waals surface area contributed by atoms with Crippen LogP contribution in [0.1, 0.15) is 37.4 Å². The summed E-state index contributed by atoms with van der Waals surface area (Å²) >= 11 is 0. The van der Waals surface area contributed by atoms with Gasteiger partial charge in [0.15, 0.2) is 0 Å². The van der Waals surface area contributed by atoms with Gasteiger partial charge in [0.05, 0.1) is 12.1 Å². The van der Waals surface area contributed by atoms with Crippen LogP contribution in [0.25, 0.3) is 0 Å². The number of likely N-dealkylation sites (N-methyl/N-ethyl adjacent to an activating group) is 1. The van der Waals surface area contributed by atoms with Crippen molar-refractivity contribution in [2.24, 2.45) is 0 Å². The van der Waals surface area contributed by atoms with Gasteiger partial charge in [-0.3, -0.25) is 0 Å². The quantitative estimate of drug-likeness (QED) is 0.797. The molecule has 0 bridgehead atoms. The molecule has 2 atom stereocenters. The lowest BCUT2D eigenvalue weighted by Crippen LogP contribution is -2.31. The molecule has 90 valence electrons. The van der Waals surface area contributed by atoms with Gasteiger partial charge in [0, 0.05) is 6.61 Å². The maximum Gasteiger partial charge on any atom is 0.0766 e. The van der Waals surface area contributed by atoms with Crippen LogP contribution >= 0.6 is 0 Å². The van der Waals surface area contributed by atoms with Crippen LogP contribution < -0.4 is 5.32 Å². The van der Waals surface area contributed by atoms with Gasteiger partial charge in [0.2, 0.25) is 0 Å². The molecule has 2 unspecified atom stereocenters. The number of ether oxygens (including phenoxy) is 1. The van der Waals surface area contributed by atoms with Crippen LogP contribution in [0, 0.1) is 6.92 Å². The second-order valence-corrected chi connectivity index (χ2v) is 4.02. The van der Waals surface area contributed by atoms with Crippen molar-refractivity contribution in [2.45, 2.75) is 39.3 Å². The Kier molecular flexibility index (Phi) is 5.50. The topological polar surface area (TPSA) is 21.3 Å². The van der Waals surface area contributed by atoms with E-state index >= 15 is 0 Å². The number of nitrogens with one attached hydrogen (secondary N) is 1. The van der Waals surface area contributed by atoms with E-state index in [4.69, 9.17) is 4.74 Å². The van der Waals surface area contributed by atoms with Crippen LogP contribution in [0.3, 0.4) is 0 Å². The first kappa shape index (κ1) is 13.2. The summed E-state index contributed by atoms with van der Waals surface area (Å²) in [7, 11) is 2.00. The number of hydrogen-bond donors (Lipinski definition) is 1. The molecule has 2 nitrogen and oxygen atoms in total. The second-order valence-electron chi connectivity index (χ2n) is 4.02. The lowest BCUT2D eigenvalue weighted by molar-refractivity contribution is 0.0332. The van der Waals surface area contributed by atoms with Crippen LogP contribution in [0.4, 0.5) is 0 Å². The van der Waals surface area contributed by atoms with Gasteiger partial charge in [-0.15, -0.1) is 0 Å². The minimum atomic E-state index is 0.246. The van der Waals surface area contributed by atoms with E-state index in [9.17, 15) is 0 Å². The molecule has 16 heavy (non-hydrogen) atoms. The Bertz CT molecular complexity index is 311. The van der Waals surface area contributed by atoms with Gasteiger partial charge >= 0.3 is 0 Å². The molecule has 2 heteroatoms. The van der Waals surface area contributed by atoms with Crippen LogP contribution in [0.5, 0.6) is 0 Å². The molecule has 0 fully saturated rings. The molecule has 0 saturated heterocycles. The molecule has 0 heterocycles. The Morgan fingerprint density at radius 1 is 1.25 bits per heavy atom. The fraction of sp³-hybridized carbons (Fsp3) is 0.571. The van der Waals surface area contributed by atoms with E-state index in [2.05, 4.69) is 43.4 Å². The SMILES string of the molecule is CCOC(CC)C(NC)c1ccccc1C. The average molecular weight is 221 g/mol. The lowest BCUT2D eigenvalue weighted by Gasteiger charge is -2.27. The second kappa shape index (κ2) is 6.66. The summed E-state index contributed by atoms with van der Waals surface area (Å²) in [6.07, 6.45) is 1.27. The Morgan fingerprint density at radius 3 is 2.44 bits per heavy atom. The number of benzene rings is 1. The molecule has 1 N–H and O–H groups in total. The van der Waals surface area contributed by atoms with Gasteiger partial charge in [-0.25, -0.2) is 0 Å². The van der Waals surface area contributed by atoms with Crippen LogP contribution in [0.15, 0.2) is 24.3 Å². The summed E-state index contributed by atoms with van der Waals surface area (Å²) in [6, 6.07) is 8.78. The van der Waals surface area contributed by atoms with Gasteiger partial charge in [-0.2, -0.15) is 0 Å². The first-order valence-electron chi connectivity index (χ1n) is 6.08. The zero-order valence-electron chi connectivity index (χ0n) is 10.8. The molecular weight excluding hydrogens is 198 g/mol. The smallest absolute Gasteiger partial charge is 0.0766 e. The molecule has 0 spiro atoms. The molecule has 0 amide bonds. The van der Waals surface area contributed by atoms with Crippen molar-refractivity contribution in [2.75, 3.05) is 13.7 Å². The van der Waals surface area contributed by atoms with Gasteiger partial charge in [-0.05, 0) is 38.4 Å². The third-order valence-electron chi connectivity index (χ3n) is 2.99. The summed E-state index contributed by atoms with van der Waals surface area (Å²) < 4.78 is 5.79. The number of rotatable bonds is 6. The van der Waals surface area contributed by atoms with Gasteiger partial charge in [-0.1, -0.05) is 31.2 Å². The van der Waals surface area contributed by atoms with E-state index in [1.165, 1.54) is 11.1 Å². The molecule has 1 rings (SSSR count). The van der Waals surface area contributed by atoms with Gasteiger partial charge in [0.1, 0.15) is 0 Å².